The molecule has 1 saturated carbocycles. The van der Waals surface area contributed by atoms with Crippen LogP contribution in [0.2, 0.25) is 0 Å². The van der Waals surface area contributed by atoms with E-state index in [1.54, 1.807) is 0 Å². The van der Waals surface area contributed by atoms with Gasteiger partial charge in [-0.15, -0.1) is 0 Å². The molecule has 0 unspecified atom stereocenters. The second-order valence-electron chi connectivity index (χ2n) is 7.09. The Hall–Kier alpha value is -2.29. The maximum Gasteiger partial charge on any atom is 0.258 e. The third-order valence-corrected chi connectivity index (χ3v) is 5.38. The van der Waals surface area contributed by atoms with Crippen molar-refractivity contribution in [1.82, 2.24) is 5.32 Å². The highest BCUT2D eigenvalue weighted by atomic mass is 16.5. The van der Waals surface area contributed by atoms with E-state index in [2.05, 4.69) is 19.2 Å². The minimum atomic E-state index is -0.0335. The van der Waals surface area contributed by atoms with E-state index in [4.69, 9.17) is 4.74 Å². The Morgan fingerprint density at radius 1 is 1.04 bits per heavy atom. The molecule has 3 rings (SSSR count). The van der Waals surface area contributed by atoms with Crippen molar-refractivity contribution in [3.63, 3.8) is 0 Å². The number of rotatable bonds is 5. The molecule has 1 aliphatic rings. The highest BCUT2D eigenvalue weighted by Gasteiger charge is 2.28. The quantitative estimate of drug-likeness (QED) is 0.861. The average Bonchev–Trinajstić information content (AvgIpc) is 2.65. The summed E-state index contributed by atoms with van der Waals surface area (Å²) in [6.07, 6.45) is 3.51. The molecule has 3 atom stereocenters. The van der Waals surface area contributed by atoms with Gasteiger partial charge in [0.15, 0.2) is 6.61 Å². The SMILES string of the molecule is C[C@@H]1[C@@H](C)CCC[C@H]1NC(=O)COc1ccccc1-c1ccccc1. The van der Waals surface area contributed by atoms with Crippen LogP contribution < -0.4 is 10.1 Å². The van der Waals surface area contributed by atoms with Crippen LogP contribution in [0, 0.1) is 11.8 Å². The summed E-state index contributed by atoms with van der Waals surface area (Å²) < 4.78 is 5.84. The molecule has 2 aromatic carbocycles. The van der Waals surface area contributed by atoms with E-state index in [0.29, 0.717) is 11.8 Å². The lowest BCUT2D eigenvalue weighted by atomic mass is 9.78. The fraction of sp³-hybridized carbons (Fsp3) is 0.409. The van der Waals surface area contributed by atoms with Gasteiger partial charge in [0.1, 0.15) is 5.75 Å². The molecule has 0 saturated heterocycles. The zero-order valence-corrected chi connectivity index (χ0v) is 15.1. The number of amides is 1. The molecule has 0 heterocycles. The van der Waals surface area contributed by atoms with E-state index in [1.165, 1.54) is 12.8 Å². The van der Waals surface area contributed by atoms with Gasteiger partial charge < -0.3 is 10.1 Å². The monoisotopic (exact) mass is 337 g/mol. The molecule has 2 aromatic rings. The van der Waals surface area contributed by atoms with E-state index < -0.39 is 0 Å². The number of nitrogens with one attached hydrogen (secondary N) is 1. The van der Waals surface area contributed by atoms with Crippen molar-refractivity contribution < 1.29 is 9.53 Å². The van der Waals surface area contributed by atoms with Crippen LogP contribution in [0.4, 0.5) is 0 Å². The van der Waals surface area contributed by atoms with Gasteiger partial charge in [-0.3, -0.25) is 4.79 Å². The summed E-state index contributed by atoms with van der Waals surface area (Å²) in [7, 11) is 0. The van der Waals surface area contributed by atoms with Crippen LogP contribution >= 0.6 is 0 Å². The molecule has 132 valence electrons. The fourth-order valence-corrected chi connectivity index (χ4v) is 3.63. The van der Waals surface area contributed by atoms with Crippen molar-refractivity contribution in [3.05, 3.63) is 54.6 Å². The average molecular weight is 337 g/mol. The van der Waals surface area contributed by atoms with Crippen LogP contribution in [0.15, 0.2) is 54.6 Å². The molecule has 0 radical (unpaired) electrons. The van der Waals surface area contributed by atoms with Crippen LogP contribution in [0.25, 0.3) is 11.1 Å². The van der Waals surface area contributed by atoms with Crippen LogP contribution in [0.5, 0.6) is 5.75 Å². The Bertz CT molecular complexity index is 698. The van der Waals surface area contributed by atoms with Crippen molar-refractivity contribution in [2.75, 3.05) is 6.61 Å². The summed E-state index contributed by atoms with van der Waals surface area (Å²) in [5.74, 6) is 1.90. The van der Waals surface area contributed by atoms with Gasteiger partial charge in [-0.05, 0) is 29.9 Å². The summed E-state index contributed by atoms with van der Waals surface area (Å²) in [6, 6.07) is 18.2. The second-order valence-corrected chi connectivity index (χ2v) is 7.09. The summed E-state index contributed by atoms with van der Waals surface area (Å²) >= 11 is 0. The predicted molar refractivity (Wildman–Crippen MR) is 101 cm³/mol. The number of para-hydroxylation sites is 1. The van der Waals surface area contributed by atoms with Gasteiger partial charge in [-0.2, -0.15) is 0 Å². The molecule has 0 bridgehead atoms. The van der Waals surface area contributed by atoms with Crippen molar-refractivity contribution in [3.8, 4) is 16.9 Å². The summed E-state index contributed by atoms with van der Waals surface area (Å²) in [5.41, 5.74) is 2.10. The molecule has 1 aliphatic carbocycles. The predicted octanol–water partition coefficient (Wildman–Crippen LogP) is 4.67. The minimum absolute atomic E-state index is 0.0335. The number of ether oxygens (including phenoxy) is 1. The number of carbonyl (C=O) groups excluding carboxylic acids is 1. The smallest absolute Gasteiger partial charge is 0.258 e. The van der Waals surface area contributed by atoms with Crippen molar-refractivity contribution in [2.24, 2.45) is 11.8 Å². The van der Waals surface area contributed by atoms with Gasteiger partial charge >= 0.3 is 0 Å². The number of benzene rings is 2. The van der Waals surface area contributed by atoms with E-state index >= 15 is 0 Å². The number of hydrogen-bond acceptors (Lipinski definition) is 2. The Kier molecular flexibility index (Phi) is 5.75. The van der Waals surface area contributed by atoms with Gasteiger partial charge in [0, 0.05) is 11.6 Å². The van der Waals surface area contributed by atoms with E-state index in [1.807, 2.05) is 54.6 Å². The summed E-state index contributed by atoms with van der Waals surface area (Å²) in [5, 5.41) is 3.16. The topological polar surface area (TPSA) is 38.3 Å². The van der Waals surface area contributed by atoms with Crippen LogP contribution in [-0.4, -0.2) is 18.6 Å². The molecule has 3 nitrogen and oxygen atoms in total. The maximum absolute atomic E-state index is 12.3. The lowest BCUT2D eigenvalue weighted by Crippen LogP contribution is -2.45. The first-order valence-corrected chi connectivity index (χ1v) is 9.22. The zero-order valence-electron chi connectivity index (χ0n) is 15.1. The molecule has 3 heteroatoms. The largest absolute Gasteiger partial charge is 0.483 e. The molecule has 1 amide bonds. The van der Waals surface area contributed by atoms with Crippen molar-refractivity contribution in [1.29, 1.82) is 0 Å². The first-order chi connectivity index (χ1) is 12.1. The number of hydrogen-bond donors (Lipinski definition) is 1. The molecule has 1 N–H and O–H groups in total. The standard InChI is InChI=1S/C22H27NO2/c1-16-9-8-13-20(17(16)2)23-22(24)15-25-21-14-7-6-12-19(21)18-10-4-3-5-11-18/h3-7,10-12,14,16-17,20H,8-9,13,15H2,1-2H3,(H,23,24)/t16-,17+,20+/m0/s1. The van der Waals surface area contributed by atoms with Gasteiger partial charge in [0.25, 0.3) is 5.91 Å². The minimum Gasteiger partial charge on any atom is -0.483 e. The fourth-order valence-electron chi connectivity index (χ4n) is 3.63. The van der Waals surface area contributed by atoms with Crippen LogP contribution in [-0.2, 0) is 4.79 Å². The third-order valence-electron chi connectivity index (χ3n) is 5.38. The Morgan fingerprint density at radius 3 is 2.56 bits per heavy atom. The molecule has 1 fully saturated rings. The molecule has 0 aromatic heterocycles. The zero-order chi connectivity index (χ0) is 17.6. The molecule has 25 heavy (non-hydrogen) atoms. The van der Waals surface area contributed by atoms with Gasteiger partial charge in [0.05, 0.1) is 0 Å². The highest BCUT2D eigenvalue weighted by molar-refractivity contribution is 5.78. The van der Waals surface area contributed by atoms with E-state index in [-0.39, 0.29) is 18.6 Å². The van der Waals surface area contributed by atoms with Gasteiger partial charge in [0.2, 0.25) is 0 Å². The van der Waals surface area contributed by atoms with Gasteiger partial charge in [-0.1, -0.05) is 75.2 Å². The highest BCUT2D eigenvalue weighted by Crippen LogP contribution is 2.30. The summed E-state index contributed by atoms with van der Waals surface area (Å²) in [4.78, 5) is 12.3. The Morgan fingerprint density at radius 2 is 1.76 bits per heavy atom. The number of carbonyl (C=O) groups is 1. The summed E-state index contributed by atoms with van der Waals surface area (Å²) in [6.45, 7) is 4.57. The Balaban J connectivity index is 1.61. The molecule has 0 aliphatic heterocycles. The normalized spacial score (nSPS) is 23.0. The first kappa shape index (κ1) is 17.5. The van der Waals surface area contributed by atoms with Crippen LogP contribution in [0.1, 0.15) is 33.1 Å². The van der Waals surface area contributed by atoms with Crippen molar-refractivity contribution in [2.45, 2.75) is 39.2 Å². The first-order valence-electron chi connectivity index (χ1n) is 9.22. The Labute approximate surface area is 150 Å². The third kappa shape index (κ3) is 4.41. The second kappa shape index (κ2) is 8.19. The lowest BCUT2D eigenvalue weighted by molar-refractivity contribution is -0.124. The molecular weight excluding hydrogens is 310 g/mol. The maximum atomic E-state index is 12.3. The van der Waals surface area contributed by atoms with Gasteiger partial charge in [-0.25, -0.2) is 0 Å². The lowest BCUT2D eigenvalue weighted by Gasteiger charge is -2.34. The van der Waals surface area contributed by atoms with Crippen molar-refractivity contribution >= 4 is 5.91 Å². The molecule has 0 spiro atoms. The molecular formula is C22H27NO2. The van der Waals surface area contributed by atoms with Crippen LogP contribution in [0.3, 0.4) is 0 Å². The van der Waals surface area contributed by atoms with E-state index in [0.717, 1.165) is 23.3 Å². The van der Waals surface area contributed by atoms with E-state index in [9.17, 15) is 4.79 Å².